The smallest absolute Gasteiger partial charge is 0.228 e. The second-order valence-electron chi connectivity index (χ2n) is 6.96. The molecule has 0 aliphatic heterocycles. The molecular weight excluding hydrogens is 356 g/mol. The number of ketones is 1. The summed E-state index contributed by atoms with van der Waals surface area (Å²) in [5.74, 6) is -0.138. The maximum Gasteiger partial charge on any atom is 0.228 e. The van der Waals surface area contributed by atoms with Gasteiger partial charge in [-0.1, -0.05) is 24.3 Å². The third kappa shape index (κ3) is 4.97. The van der Waals surface area contributed by atoms with E-state index in [0.29, 0.717) is 24.2 Å². The maximum absolute atomic E-state index is 12.3. The highest BCUT2D eigenvalue weighted by molar-refractivity contribution is 6.01. The van der Waals surface area contributed by atoms with Crippen molar-refractivity contribution in [2.24, 2.45) is 11.8 Å². The molecule has 0 bridgehead atoms. The normalized spacial score (nSPS) is 17.5. The Balaban J connectivity index is 1.43. The molecule has 0 spiro atoms. The second kappa shape index (κ2) is 8.69. The topological polar surface area (TPSA) is 84.5 Å². The molecule has 0 heterocycles. The van der Waals surface area contributed by atoms with Crippen LogP contribution in [-0.2, 0) is 16.0 Å². The van der Waals surface area contributed by atoms with Gasteiger partial charge in [0.25, 0.3) is 0 Å². The molecule has 1 aliphatic carbocycles. The zero-order chi connectivity index (χ0) is 20.1. The number of rotatable bonds is 8. The van der Waals surface area contributed by atoms with Crippen molar-refractivity contribution >= 4 is 23.3 Å². The van der Waals surface area contributed by atoms with Gasteiger partial charge in [-0.25, -0.2) is 0 Å². The molecule has 2 aromatic rings. The number of carbonyl (C=O) groups is 3. The van der Waals surface area contributed by atoms with E-state index in [4.69, 9.17) is 4.74 Å². The van der Waals surface area contributed by atoms with E-state index in [1.54, 1.807) is 31.4 Å². The van der Waals surface area contributed by atoms with Gasteiger partial charge in [0, 0.05) is 17.8 Å². The van der Waals surface area contributed by atoms with E-state index in [-0.39, 0.29) is 29.4 Å². The Morgan fingerprint density at radius 3 is 2.43 bits per heavy atom. The third-order valence-electron chi connectivity index (χ3n) is 4.87. The first kappa shape index (κ1) is 19.6. The fourth-order valence-corrected chi connectivity index (χ4v) is 3.08. The zero-order valence-corrected chi connectivity index (χ0v) is 16.0. The first-order valence-electron chi connectivity index (χ1n) is 9.30. The molecule has 6 nitrogen and oxygen atoms in total. The van der Waals surface area contributed by atoms with Gasteiger partial charge in [-0.2, -0.15) is 0 Å². The first-order chi connectivity index (χ1) is 13.5. The fraction of sp³-hybridized carbons (Fsp3) is 0.318. The first-order valence-corrected chi connectivity index (χ1v) is 9.30. The number of carbonyl (C=O) groups excluding carboxylic acids is 3. The summed E-state index contributed by atoms with van der Waals surface area (Å²) in [7, 11) is 1.62. The van der Waals surface area contributed by atoms with Crippen molar-refractivity contribution in [1.29, 1.82) is 0 Å². The summed E-state index contributed by atoms with van der Waals surface area (Å²) in [6.45, 7) is 2.00. The molecular formula is C22H24N2O4. The van der Waals surface area contributed by atoms with Crippen LogP contribution in [0.15, 0.2) is 48.5 Å². The van der Waals surface area contributed by atoms with E-state index >= 15 is 0 Å². The van der Waals surface area contributed by atoms with Gasteiger partial charge in [-0.05, 0) is 49.6 Å². The quantitative estimate of drug-likeness (QED) is 0.690. The van der Waals surface area contributed by atoms with Crippen LogP contribution in [0.2, 0.25) is 0 Å². The molecule has 0 radical (unpaired) electrons. The molecule has 146 valence electrons. The molecule has 1 saturated carbocycles. The van der Waals surface area contributed by atoms with E-state index < -0.39 is 0 Å². The Bertz CT molecular complexity index is 876. The molecule has 2 aromatic carbocycles. The van der Waals surface area contributed by atoms with E-state index in [2.05, 4.69) is 10.6 Å². The molecule has 2 unspecified atom stereocenters. The van der Waals surface area contributed by atoms with E-state index in [1.165, 1.54) is 6.92 Å². The van der Waals surface area contributed by atoms with Gasteiger partial charge in [0.15, 0.2) is 5.78 Å². The number of anilines is 1. The highest BCUT2D eigenvalue weighted by atomic mass is 16.5. The Morgan fingerprint density at radius 2 is 1.75 bits per heavy atom. The van der Waals surface area contributed by atoms with Gasteiger partial charge >= 0.3 is 0 Å². The lowest BCUT2D eigenvalue weighted by Gasteiger charge is -2.07. The van der Waals surface area contributed by atoms with Gasteiger partial charge in [0.05, 0.1) is 18.9 Å². The Morgan fingerprint density at radius 1 is 1.04 bits per heavy atom. The number of nitrogens with one attached hydrogen (secondary N) is 2. The van der Waals surface area contributed by atoms with Gasteiger partial charge in [-0.3, -0.25) is 14.4 Å². The van der Waals surface area contributed by atoms with Crippen LogP contribution in [0, 0.1) is 11.8 Å². The number of Topliss-reactive ketones (excluding diaryl/α,β-unsaturated/α-hetero) is 1. The number of hydrogen-bond donors (Lipinski definition) is 2. The molecule has 2 N–H and O–H groups in total. The predicted octanol–water partition coefficient (Wildman–Crippen LogP) is 2.83. The maximum atomic E-state index is 12.3. The summed E-state index contributed by atoms with van der Waals surface area (Å²) in [4.78, 5) is 36.0. The van der Waals surface area contributed by atoms with Crippen LogP contribution in [-0.4, -0.2) is 31.3 Å². The number of ether oxygens (including phenoxy) is 1. The molecule has 6 heteroatoms. The highest BCUT2D eigenvalue weighted by Crippen LogP contribution is 2.39. The van der Waals surface area contributed by atoms with Crippen molar-refractivity contribution in [2.75, 3.05) is 19.0 Å². The SMILES string of the molecule is COc1ccc(CCNC(=O)C2CC2C(=O)Nc2cccc(C(C)=O)c2)cc1. The van der Waals surface area contributed by atoms with Gasteiger partial charge in [-0.15, -0.1) is 0 Å². The average molecular weight is 380 g/mol. The lowest BCUT2D eigenvalue weighted by molar-refractivity contribution is -0.125. The van der Waals surface area contributed by atoms with Crippen molar-refractivity contribution in [3.63, 3.8) is 0 Å². The Labute approximate surface area is 164 Å². The van der Waals surface area contributed by atoms with Crippen molar-refractivity contribution in [3.8, 4) is 5.75 Å². The van der Waals surface area contributed by atoms with Crippen molar-refractivity contribution < 1.29 is 19.1 Å². The monoisotopic (exact) mass is 380 g/mol. The summed E-state index contributed by atoms with van der Waals surface area (Å²) >= 11 is 0. The Hall–Kier alpha value is -3.15. The number of methoxy groups -OCH3 is 1. The van der Waals surface area contributed by atoms with Gasteiger partial charge < -0.3 is 15.4 Å². The minimum Gasteiger partial charge on any atom is -0.497 e. The molecule has 1 aliphatic rings. The molecule has 1 fully saturated rings. The second-order valence-corrected chi connectivity index (χ2v) is 6.96. The van der Waals surface area contributed by atoms with Crippen molar-refractivity contribution in [2.45, 2.75) is 19.8 Å². The minimum atomic E-state index is -0.318. The van der Waals surface area contributed by atoms with E-state index in [1.807, 2.05) is 24.3 Å². The standard InChI is InChI=1S/C22H24N2O4/c1-14(25)16-4-3-5-17(12-16)24-22(27)20-13-19(20)21(26)23-11-10-15-6-8-18(28-2)9-7-15/h3-9,12,19-20H,10-11,13H2,1-2H3,(H,23,26)(H,24,27). The van der Waals surface area contributed by atoms with Gasteiger partial charge in [0.1, 0.15) is 5.75 Å². The van der Waals surface area contributed by atoms with Crippen molar-refractivity contribution in [1.82, 2.24) is 5.32 Å². The molecule has 0 aromatic heterocycles. The van der Waals surface area contributed by atoms with Crippen LogP contribution < -0.4 is 15.4 Å². The van der Waals surface area contributed by atoms with Gasteiger partial charge in [0.2, 0.25) is 11.8 Å². The van der Waals surface area contributed by atoms with Crippen LogP contribution in [0.4, 0.5) is 5.69 Å². The average Bonchev–Trinajstić information content (AvgIpc) is 3.50. The summed E-state index contributed by atoms with van der Waals surface area (Å²) in [5.41, 5.74) is 2.22. The number of benzene rings is 2. The lowest BCUT2D eigenvalue weighted by Crippen LogP contribution is -2.29. The van der Waals surface area contributed by atoms with E-state index in [9.17, 15) is 14.4 Å². The molecule has 28 heavy (non-hydrogen) atoms. The Kier molecular flexibility index (Phi) is 6.09. The largest absolute Gasteiger partial charge is 0.497 e. The summed E-state index contributed by atoms with van der Waals surface area (Å²) in [6, 6.07) is 14.5. The zero-order valence-electron chi connectivity index (χ0n) is 16.0. The summed E-state index contributed by atoms with van der Waals surface area (Å²) in [6.07, 6.45) is 1.27. The molecule has 2 amide bonds. The predicted molar refractivity (Wildman–Crippen MR) is 106 cm³/mol. The summed E-state index contributed by atoms with van der Waals surface area (Å²) < 4.78 is 5.12. The number of amides is 2. The summed E-state index contributed by atoms with van der Waals surface area (Å²) in [5, 5.41) is 5.69. The van der Waals surface area contributed by atoms with Crippen molar-refractivity contribution in [3.05, 3.63) is 59.7 Å². The molecule has 3 rings (SSSR count). The van der Waals surface area contributed by atoms with E-state index in [0.717, 1.165) is 17.7 Å². The number of hydrogen-bond acceptors (Lipinski definition) is 4. The van der Waals surface area contributed by atoms with Crippen LogP contribution >= 0.6 is 0 Å². The van der Waals surface area contributed by atoms with Crippen LogP contribution in [0.25, 0.3) is 0 Å². The molecule has 2 atom stereocenters. The van der Waals surface area contributed by atoms with Crippen LogP contribution in [0.5, 0.6) is 5.75 Å². The lowest BCUT2D eigenvalue weighted by atomic mass is 10.1. The minimum absolute atomic E-state index is 0.0587. The highest BCUT2D eigenvalue weighted by Gasteiger charge is 2.47. The van der Waals surface area contributed by atoms with Crippen LogP contribution in [0.3, 0.4) is 0 Å². The van der Waals surface area contributed by atoms with Crippen LogP contribution in [0.1, 0.15) is 29.3 Å². The molecule has 0 saturated heterocycles. The third-order valence-corrected chi connectivity index (χ3v) is 4.87. The fourth-order valence-electron chi connectivity index (χ4n) is 3.08.